The van der Waals surface area contributed by atoms with Crippen LogP contribution in [-0.4, -0.2) is 8.42 Å². The molecule has 4 nitrogen and oxygen atoms in total. The van der Waals surface area contributed by atoms with E-state index >= 15 is 0 Å². The van der Waals surface area contributed by atoms with Gasteiger partial charge in [-0.2, -0.15) is 0 Å². The van der Waals surface area contributed by atoms with E-state index in [0.717, 1.165) is 6.07 Å². The summed E-state index contributed by atoms with van der Waals surface area (Å²) in [5.74, 6) is -0.871. The van der Waals surface area contributed by atoms with E-state index in [0.29, 0.717) is 10.6 Å². The fourth-order valence-corrected chi connectivity index (χ4v) is 3.37. The summed E-state index contributed by atoms with van der Waals surface area (Å²) in [6.07, 6.45) is 0. The van der Waals surface area contributed by atoms with E-state index in [2.05, 4.69) is 4.72 Å². The van der Waals surface area contributed by atoms with Crippen molar-refractivity contribution < 1.29 is 12.8 Å². The molecule has 2 aromatic rings. The van der Waals surface area contributed by atoms with E-state index in [4.69, 9.17) is 28.9 Å². The molecule has 0 saturated carbocycles. The second-order valence-electron chi connectivity index (χ2n) is 4.20. The summed E-state index contributed by atoms with van der Waals surface area (Å²) in [4.78, 5) is -0.489. The number of rotatable bonds is 4. The third kappa shape index (κ3) is 3.65. The molecule has 0 fully saturated rings. The summed E-state index contributed by atoms with van der Waals surface area (Å²) in [5, 5.41) is 0.473. The van der Waals surface area contributed by atoms with Crippen molar-refractivity contribution in [3.63, 3.8) is 0 Å². The van der Waals surface area contributed by atoms with Crippen LogP contribution in [0.4, 0.5) is 10.1 Å². The van der Waals surface area contributed by atoms with Crippen LogP contribution >= 0.6 is 23.2 Å². The van der Waals surface area contributed by atoms with Crippen LogP contribution < -0.4 is 10.5 Å². The minimum atomic E-state index is -4.12. The summed E-state index contributed by atoms with van der Waals surface area (Å²) < 4.78 is 40.5. The Morgan fingerprint density at radius 1 is 1.14 bits per heavy atom. The normalized spacial score (nSPS) is 11.4. The highest BCUT2D eigenvalue weighted by atomic mass is 35.5. The van der Waals surface area contributed by atoms with Gasteiger partial charge in [0.05, 0.1) is 10.7 Å². The molecule has 0 aliphatic rings. The first kappa shape index (κ1) is 16.0. The average molecular weight is 349 g/mol. The number of hydrogen-bond donors (Lipinski definition) is 2. The van der Waals surface area contributed by atoms with Crippen LogP contribution in [0.15, 0.2) is 41.3 Å². The SMILES string of the molecule is NCc1ccc(F)c(S(=O)(=O)Nc2ccc(Cl)cc2Cl)c1. The number of halogens is 3. The second-order valence-corrected chi connectivity index (χ2v) is 6.69. The van der Waals surface area contributed by atoms with Crippen LogP contribution in [0.25, 0.3) is 0 Å². The van der Waals surface area contributed by atoms with Gasteiger partial charge in [-0.3, -0.25) is 4.72 Å². The minimum Gasteiger partial charge on any atom is -0.326 e. The van der Waals surface area contributed by atoms with Gasteiger partial charge >= 0.3 is 0 Å². The van der Waals surface area contributed by atoms with Crippen LogP contribution in [0, 0.1) is 5.82 Å². The maximum atomic E-state index is 13.8. The third-order valence-corrected chi connectivity index (χ3v) is 4.62. The van der Waals surface area contributed by atoms with Crippen LogP contribution in [-0.2, 0) is 16.6 Å². The molecule has 21 heavy (non-hydrogen) atoms. The molecule has 112 valence electrons. The van der Waals surface area contributed by atoms with Crippen molar-refractivity contribution in [1.82, 2.24) is 0 Å². The fraction of sp³-hybridized carbons (Fsp3) is 0.0769. The molecule has 0 aromatic heterocycles. The molecule has 0 aliphatic carbocycles. The molecule has 2 rings (SSSR count). The van der Waals surface area contributed by atoms with Gasteiger partial charge in [0.25, 0.3) is 10.0 Å². The number of sulfonamides is 1. The zero-order chi connectivity index (χ0) is 15.6. The quantitative estimate of drug-likeness (QED) is 0.889. The Bertz CT molecular complexity index is 782. The van der Waals surface area contributed by atoms with Crippen molar-refractivity contribution in [2.45, 2.75) is 11.4 Å². The van der Waals surface area contributed by atoms with Gasteiger partial charge in [-0.15, -0.1) is 0 Å². The number of hydrogen-bond acceptors (Lipinski definition) is 3. The lowest BCUT2D eigenvalue weighted by atomic mass is 10.2. The third-order valence-electron chi connectivity index (χ3n) is 2.70. The first-order valence-electron chi connectivity index (χ1n) is 5.80. The Balaban J connectivity index is 2.43. The lowest BCUT2D eigenvalue weighted by molar-refractivity contribution is 0.569. The van der Waals surface area contributed by atoms with Crippen molar-refractivity contribution >= 4 is 38.9 Å². The first-order chi connectivity index (χ1) is 9.83. The maximum Gasteiger partial charge on any atom is 0.264 e. The van der Waals surface area contributed by atoms with E-state index in [1.807, 2.05) is 0 Å². The zero-order valence-electron chi connectivity index (χ0n) is 10.6. The summed E-state index contributed by atoms with van der Waals surface area (Å²) in [6.45, 7) is 0.102. The molecule has 0 unspecified atom stereocenters. The topological polar surface area (TPSA) is 72.2 Å². The lowest BCUT2D eigenvalue weighted by Crippen LogP contribution is -2.15. The Morgan fingerprint density at radius 2 is 1.86 bits per heavy atom. The van der Waals surface area contributed by atoms with Crippen LogP contribution in [0.5, 0.6) is 0 Å². The predicted molar refractivity (Wildman–Crippen MR) is 81.6 cm³/mol. The van der Waals surface area contributed by atoms with Crippen molar-refractivity contribution in [2.24, 2.45) is 5.73 Å². The molecule has 0 heterocycles. The molecule has 3 N–H and O–H groups in total. The average Bonchev–Trinajstić information content (AvgIpc) is 2.42. The van der Waals surface area contributed by atoms with Gasteiger partial charge in [0.15, 0.2) is 0 Å². The van der Waals surface area contributed by atoms with Crippen LogP contribution in [0.2, 0.25) is 10.0 Å². The van der Waals surface area contributed by atoms with E-state index in [-0.39, 0.29) is 17.3 Å². The largest absolute Gasteiger partial charge is 0.326 e. The number of nitrogens with one attached hydrogen (secondary N) is 1. The first-order valence-corrected chi connectivity index (χ1v) is 8.04. The molecule has 0 radical (unpaired) electrons. The highest BCUT2D eigenvalue weighted by Gasteiger charge is 2.20. The van der Waals surface area contributed by atoms with Gasteiger partial charge in [-0.1, -0.05) is 29.3 Å². The van der Waals surface area contributed by atoms with E-state index < -0.39 is 20.7 Å². The fourth-order valence-electron chi connectivity index (χ4n) is 1.65. The zero-order valence-corrected chi connectivity index (χ0v) is 12.9. The van der Waals surface area contributed by atoms with Crippen molar-refractivity contribution in [3.8, 4) is 0 Å². The molecule has 0 amide bonds. The Morgan fingerprint density at radius 3 is 2.48 bits per heavy atom. The summed E-state index contributed by atoms with van der Waals surface area (Å²) in [5.41, 5.74) is 6.04. The highest BCUT2D eigenvalue weighted by molar-refractivity contribution is 7.92. The van der Waals surface area contributed by atoms with Gasteiger partial charge in [-0.05, 0) is 35.9 Å². The van der Waals surface area contributed by atoms with E-state index in [9.17, 15) is 12.8 Å². The summed E-state index contributed by atoms with van der Waals surface area (Å²) in [7, 11) is -4.12. The monoisotopic (exact) mass is 348 g/mol. The molecule has 2 aromatic carbocycles. The smallest absolute Gasteiger partial charge is 0.264 e. The Hall–Kier alpha value is -1.34. The molecule has 0 saturated heterocycles. The summed E-state index contributed by atoms with van der Waals surface area (Å²) in [6, 6.07) is 7.91. The van der Waals surface area contributed by atoms with Gasteiger partial charge in [0, 0.05) is 11.6 Å². The Kier molecular flexibility index (Phi) is 4.73. The van der Waals surface area contributed by atoms with Gasteiger partial charge in [-0.25, -0.2) is 12.8 Å². The molecule has 8 heteroatoms. The molecule has 0 bridgehead atoms. The number of nitrogens with two attached hydrogens (primary N) is 1. The minimum absolute atomic E-state index is 0.102. The van der Waals surface area contributed by atoms with E-state index in [1.165, 1.54) is 30.3 Å². The maximum absolute atomic E-state index is 13.8. The van der Waals surface area contributed by atoms with Gasteiger partial charge in [0.2, 0.25) is 0 Å². The number of anilines is 1. The predicted octanol–water partition coefficient (Wildman–Crippen LogP) is 3.39. The Labute approximate surface area is 131 Å². The standard InChI is InChI=1S/C13H11Cl2FN2O2S/c14-9-2-4-12(10(15)6-9)18-21(19,20)13-5-8(7-17)1-3-11(13)16/h1-6,18H,7,17H2. The van der Waals surface area contributed by atoms with Crippen LogP contribution in [0.3, 0.4) is 0 Å². The molecule has 0 atom stereocenters. The van der Waals surface area contributed by atoms with Crippen molar-refractivity contribution in [3.05, 3.63) is 57.8 Å². The van der Waals surface area contributed by atoms with Crippen molar-refractivity contribution in [1.29, 1.82) is 0 Å². The summed E-state index contributed by atoms with van der Waals surface area (Å²) >= 11 is 11.6. The van der Waals surface area contributed by atoms with Crippen molar-refractivity contribution in [2.75, 3.05) is 4.72 Å². The molecular weight excluding hydrogens is 338 g/mol. The highest BCUT2D eigenvalue weighted by Crippen LogP contribution is 2.28. The number of benzene rings is 2. The van der Waals surface area contributed by atoms with E-state index in [1.54, 1.807) is 0 Å². The van der Waals surface area contributed by atoms with Gasteiger partial charge in [0.1, 0.15) is 10.7 Å². The molecule has 0 spiro atoms. The molecular formula is C13H11Cl2FN2O2S. The second kappa shape index (κ2) is 6.19. The van der Waals surface area contributed by atoms with Gasteiger partial charge < -0.3 is 5.73 Å². The molecule has 0 aliphatic heterocycles. The van der Waals surface area contributed by atoms with Crippen LogP contribution in [0.1, 0.15) is 5.56 Å². The lowest BCUT2D eigenvalue weighted by Gasteiger charge is -2.11.